The summed E-state index contributed by atoms with van der Waals surface area (Å²) in [6.07, 6.45) is 5.30. The van der Waals surface area contributed by atoms with Crippen LogP contribution < -0.4 is 10.1 Å². The molecule has 2 aromatic carbocycles. The van der Waals surface area contributed by atoms with Gasteiger partial charge in [-0.1, -0.05) is 24.0 Å². The average molecular weight is 387 g/mol. The maximum Gasteiger partial charge on any atom is 0.217 e. The Hall–Kier alpha value is -3.52. The maximum atomic E-state index is 11.1. The van der Waals surface area contributed by atoms with Gasteiger partial charge >= 0.3 is 0 Å². The van der Waals surface area contributed by atoms with Crippen LogP contribution in [0.15, 0.2) is 60.9 Å². The summed E-state index contributed by atoms with van der Waals surface area (Å²) in [4.78, 5) is 11.1. The third kappa shape index (κ3) is 6.86. The molecule has 0 bridgehead atoms. The van der Waals surface area contributed by atoms with Gasteiger partial charge in [-0.2, -0.15) is 5.10 Å². The normalized spacial score (nSPS) is 11.2. The molecule has 0 aliphatic heterocycles. The predicted octanol–water partition coefficient (Wildman–Crippen LogP) is 3.50. The van der Waals surface area contributed by atoms with Crippen molar-refractivity contribution in [2.75, 3.05) is 6.61 Å². The number of nitrogens with one attached hydrogen (secondary N) is 2. The monoisotopic (exact) mass is 387 g/mol. The molecule has 0 aliphatic carbocycles. The highest BCUT2D eigenvalue weighted by Gasteiger charge is 2.04. The highest BCUT2D eigenvalue weighted by molar-refractivity contribution is 5.73. The molecule has 1 atom stereocenters. The van der Waals surface area contributed by atoms with E-state index in [1.807, 2.05) is 49.5 Å². The minimum atomic E-state index is -0.00522. The predicted molar refractivity (Wildman–Crippen MR) is 114 cm³/mol. The fourth-order valence-corrected chi connectivity index (χ4v) is 2.96. The van der Waals surface area contributed by atoms with Crippen molar-refractivity contribution in [1.82, 2.24) is 15.5 Å². The quantitative estimate of drug-likeness (QED) is 0.610. The number of nitrogens with zero attached hydrogens (tertiary/aromatic N) is 1. The molecular weight excluding hydrogens is 362 g/mol. The molecule has 0 saturated carbocycles. The molecule has 0 radical (unpaired) electrons. The van der Waals surface area contributed by atoms with Gasteiger partial charge in [0.15, 0.2) is 0 Å². The summed E-state index contributed by atoms with van der Waals surface area (Å²) in [6, 6.07) is 16.0. The standard InChI is InChI=1S/C24H25N3O2/c1-18(27-19(2)28)15-22-7-5-20(6-8-22)3-4-21-9-11-24(12-10-21)29-14-13-23-16-25-26-17-23/h5-12,16-18H,13-15H2,1-2H3,(H,25,26)(H,27,28). The number of hydrogen-bond acceptors (Lipinski definition) is 3. The molecule has 1 unspecified atom stereocenters. The maximum absolute atomic E-state index is 11.1. The van der Waals surface area contributed by atoms with E-state index in [0.29, 0.717) is 6.61 Å². The minimum absolute atomic E-state index is 0.00522. The average Bonchev–Trinajstić information content (AvgIpc) is 3.21. The molecule has 3 rings (SSSR count). The molecule has 0 fully saturated rings. The van der Waals surface area contributed by atoms with Gasteiger partial charge in [0.05, 0.1) is 12.8 Å². The Morgan fingerprint density at radius 3 is 2.31 bits per heavy atom. The third-order valence-corrected chi connectivity index (χ3v) is 4.37. The lowest BCUT2D eigenvalue weighted by atomic mass is 10.0. The van der Waals surface area contributed by atoms with E-state index >= 15 is 0 Å². The second kappa shape index (κ2) is 10.1. The number of H-pyrrole nitrogens is 1. The van der Waals surface area contributed by atoms with Crippen molar-refractivity contribution in [2.24, 2.45) is 0 Å². The molecular formula is C24H25N3O2. The summed E-state index contributed by atoms with van der Waals surface area (Å²) >= 11 is 0. The summed E-state index contributed by atoms with van der Waals surface area (Å²) in [5.74, 6) is 7.19. The van der Waals surface area contributed by atoms with E-state index in [1.165, 1.54) is 12.5 Å². The van der Waals surface area contributed by atoms with Crippen molar-refractivity contribution < 1.29 is 9.53 Å². The highest BCUT2D eigenvalue weighted by atomic mass is 16.5. The molecule has 29 heavy (non-hydrogen) atoms. The zero-order valence-electron chi connectivity index (χ0n) is 16.7. The first-order chi connectivity index (χ1) is 14.1. The number of rotatable bonds is 7. The van der Waals surface area contributed by atoms with Gasteiger partial charge in [0.2, 0.25) is 5.91 Å². The number of benzene rings is 2. The van der Waals surface area contributed by atoms with E-state index in [4.69, 9.17) is 4.74 Å². The lowest BCUT2D eigenvalue weighted by molar-refractivity contribution is -0.119. The van der Waals surface area contributed by atoms with Crippen LogP contribution in [0.2, 0.25) is 0 Å². The summed E-state index contributed by atoms with van der Waals surface area (Å²) in [6.45, 7) is 4.15. The number of aromatic nitrogens is 2. The van der Waals surface area contributed by atoms with Crippen LogP contribution in [0, 0.1) is 11.8 Å². The fourth-order valence-electron chi connectivity index (χ4n) is 2.96. The number of carbonyl (C=O) groups is 1. The number of hydrogen-bond donors (Lipinski definition) is 2. The fraction of sp³-hybridized carbons (Fsp3) is 0.250. The van der Waals surface area contributed by atoms with Gasteiger partial charge in [-0.05, 0) is 60.9 Å². The second-order valence-corrected chi connectivity index (χ2v) is 6.98. The third-order valence-electron chi connectivity index (χ3n) is 4.37. The first-order valence-electron chi connectivity index (χ1n) is 9.67. The van der Waals surface area contributed by atoms with Crippen molar-refractivity contribution in [1.29, 1.82) is 0 Å². The Bertz CT molecular complexity index is 966. The first kappa shape index (κ1) is 20.2. The van der Waals surface area contributed by atoms with Gasteiger partial charge < -0.3 is 10.1 Å². The SMILES string of the molecule is CC(=O)NC(C)Cc1ccc(C#Cc2ccc(OCCc3cn[nH]c3)cc2)cc1. The lowest BCUT2D eigenvalue weighted by Crippen LogP contribution is -2.31. The molecule has 0 saturated heterocycles. The van der Waals surface area contributed by atoms with Gasteiger partial charge in [0, 0.05) is 36.7 Å². The Kier molecular flexibility index (Phi) is 7.07. The van der Waals surface area contributed by atoms with E-state index < -0.39 is 0 Å². The van der Waals surface area contributed by atoms with Gasteiger partial charge in [-0.3, -0.25) is 9.89 Å². The van der Waals surface area contributed by atoms with E-state index in [1.54, 1.807) is 6.20 Å². The summed E-state index contributed by atoms with van der Waals surface area (Å²) in [7, 11) is 0. The van der Waals surface area contributed by atoms with Crippen molar-refractivity contribution in [3.63, 3.8) is 0 Å². The lowest BCUT2D eigenvalue weighted by Gasteiger charge is -2.12. The molecule has 0 aliphatic rings. The Morgan fingerprint density at radius 1 is 1.07 bits per heavy atom. The van der Waals surface area contributed by atoms with E-state index in [0.717, 1.165) is 35.3 Å². The highest BCUT2D eigenvalue weighted by Crippen LogP contribution is 2.12. The number of ether oxygens (including phenoxy) is 1. The smallest absolute Gasteiger partial charge is 0.217 e. The second-order valence-electron chi connectivity index (χ2n) is 6.98. The number of carbonyl (C=O) groups excluding carboxylic acids is 1. The van der Waals surface area contributed by atoms with Crippen molar-refractivity contribution in [3.8, 4) is 17.6 Å². The van der Waals surface area contributed by atoms with Gasteiger partial charge in [-0.25, -0.2) is 0 Å². The molecule has 2 N–H and O–H groups in total. The molecule has 5 nitrogen and oxygen atoms in total. The molecule has 3 aromatic rings. The Morgan fingerprint density at radius 2 is 1.72 bits per heavy atom. The summed E-state index contributed by atoms with van der Waals surface area (Å²) in [5, 5.41) is 9.61. The number of amides is 1. The van der Waals surface area contributed by atoms with Crippen molar-refractivity contribution in [3.05, 3.63) is 83.2 Å². The van der Waals surface area contributed by atoms with E-state index in [9.17, 15) is 4.79 Å². The van der Waals surface area contributed by atoms with Gasteiger partial charge in [0.1, 0.15) is 5.75 Å². The zero-order chi connectivity index (χ0) is 20.5. The van der Waals surface area contributed by atoms with Crippen LogP contribution >= 0.6 is 0 Å². The molecule has 1 heterocycles. The van der Waals surface area contributed by atoms with Gasteiger partial charge in [-0.15, -0.1) is 0 Å². The number of aromatic amines is 1. The largest absolute Gasteiger partial charge is 0.493 e. The molecule has 1 aromatic heterocycles. The van der Waals surface area contributed by atoms with Crippen LogP contribution in [0.4, 0.5) is 0 Å². The summed E-state index contributed by atoms with van der Waals surface area (Å²) in [5.41, 5.74) is 4.20. The van der Waals surface area contributed by atoms with E-state index in [2.05, 4.69) is 39.5 Å². The van der Waals surface area contributed by atoms with Crippen LogP contribution in [0.1, 0.15) is 36.1 Å². The Labute approximate surface area is 171 Å². The van der Waals surface area contributed by atoms with Crippen molar-refractivity contribution >= 4 is 5.91 Å². The first-order valence-corrected chi connectivity index (χ1v) is 9.67. The molecule has 0 spiro atoms. The molecule has 148 valence electrons. The van der Waals surface area contributed by atoms with Crippen LogP contribution in [0.25, 0.3) is 0 Å². The van der Waals surface area contributed by atoms with Crippen LogP contribution in [0.3, 0.4) is 0 Å². The Balaban J connectivity index is 1.50. The zero-order valence-corrected chi connectivity index (χ0v) is 16.7. The van der Waals surface area contributed by atoms with Crippen LogP contribution in [0.5, 0.6) is 5.75 Å². The van der Waals surface area contributed by atoms with Crippen LogP contribution in [-0.2, 0) is 17.6 Å². The molecule has 1 amide bonds. The summed E-state index contributed by atoms with van der Waals surface area (Å²) < 4.78 is 5.75. The van der Waals surface area contributed by atoms with Gasteiger partial charge in [0.25, 0.3) is 0 Å². The molecule has 5 heteroatoms. The van der Waals surface area contributed by atoms with Crippen molar-refractivity contribution in [2.45, 2.75) is 32.7 Å². The van der Waals surface area contributed by atoms with E-state index in [-0.39, 0.29) is 11.9 Å². The topological polar surface area (TPSA) is 67.0 Å². The minimum Gasteiger partial charge on any atom is -0.493 e. The van der Waals surface area contributed by atoms with Crippen LogP contribution in [-0.4, -0.2) is 28.8 Å².